The molecule has 0 aromatic heterocycles. The smallest absolute Gasteiger partial charge is 0.250 e. The summed E-state index contributed by atoms with van der Waals surface area (Å²) in [7, 11) is 0. The monoisotopic (exact) mass is 263 g/mol. The van der Waals surface area contributed by atoms with Gasteiger partial charge in [-0.3, -0.25) is 0 Å². The number of rotatable bonds is 7. The van der Waals surface area contributed by atoms with E-state index in [1.807, 2.05) is 13.8 Å². The molecule has 0 spiro atoms. The predicted octanol–water partition coefficient (Wildman–Crippen LogP) is 2.94. The molecule has 0 aliphatic carbocycles. The highest BCUT2D eigenvalue weighted by atomic mass is 35.6. The van der Waals surface area contributed by atoms with Gasteiger partial charge < -0.3 is 14.2 Å². The largest absolute Gasteiger partial charge is 0.376 e. The van der Waals surface area contributed by atoms with Crippen molar-refractivity contribution in [3.63, 3.8) is 0 Å². The van der Waals surface area contributed by atoms with Gasteiger partial charge in [0.1, 0.15) is 6.61 Å². The van der Waals surface area contributed by atoms with Crippen molar-refractivity contribution in [2.45, 2.75) is 17.6 Å². The van der Waals surface area contributed by atoms with Gasteiger partial charge in [-0.25, -0.2) is 0 Å². The van der Waals surface area contributed by atoms with Crippen LogP contribution in [0.5, 0.6) is 0 Å². The van der Waals surface area contributed by atoms with E-state index in [4.69, 9.17) is 49.0 Å². The number of hydrogen-bond donors (Lipinski definition) is 0. The minimum atomic E-state index is -1.44. The number of alkyl halides is 3. The van der Waals surface area contributed by atoms with E-state index in [2.05, 4.69) is 0 Å². The Balaban J connectivity index is 3.72. The summed E-state index contributed by atoms with van der Waals surface area (Å²) >= 11 is 16.5. The standard InChI is InChI=1S/C8H14Cl3O3/c1-3-12-5-7(13-4-2)14-6-8(9,10)11/h3-6H2,1-2H3. The maximum Gasteiger partial charge on any atom is 0.250 e. The van der Waals surface area contributed by atoms with Crippen LogP contribution in [0, 0.1) is 6.29 Å². The lowest BCUT2D eigenvalue weighted by molar-refractivity contribution is -0.0788. The maximum absolute atomic E-state index is 5.51. The molecule has 0 aromatic carbocycles. The molecule has 0 atom stereocenters. The quantitative estimate of drug-likeness (QED) is 0.662. The van der Waals surface area contributed by atoms with E-state index in [-0.39, 0.29) is 13.2 Å². The van der Waals surface area contributed by atoms with E-state index in [0.29, 0.717) is 19.5 Å². The fourth-order valence-corrected chi connectivity index (χ4v) is 0.797. The van der Waals surface area contributed by atoms with Crippen LogP contribution in [-0.2, 0) is 14.2 Å². The second-order valence-corrected chi connectivity index (χ2v) is 4.86. The van der Waals surface area contributed by atoms with Crippen LogP contribution in [0.2, 0.25) is 0 Å². The first kappa shape index (κ1) is 14.8. The van der Waals surface area contributed by atoms with Crippen molar-refractivity contribution in [2.24, 2.45) is 0 Å². The molecular formula is C8H14Cl3O3. The van der Waals surface area contributed by atoms with Crippen LogP contribution in [0.3, 0.4) is 0 Å². The van der Waals surface area contributed by atoms with Crippen molar-refractivity contribution in [1.29, 1.82) is 0 Å². The van der Waals surface area contributed by atoms with Gasteiger partial charge in [-0.1, -0.05) is 34.8 Å². The molecule has 3 nitrogen and oxygen atoms in total. The van der Waals surface area contributed by atoms with E-state index < -0.39 is 3.79 Å². The summed E-state index contributed by atoms with van der Waals surface area (Å²) in [5.74, 6) is 0. The van der Waals surface area contributed by atoms with Gasteiger partial charge in [0, 0.05) is 13.2 Å². The third-order valence-electron chi connectivity index (χ3n) is 1.13. The molecule has 85 valence electrons. The van der Waals surface area contributed by atoms with Crippen LogP contribution in [0.25, 0.3) is 0 Å². The molecule has 0 aromatic rings. The molecule has 0 aliphatic heterocycles. The molecule has 0 aliphatic rings. The Labute approximate surface area is 99.5 Å². The number of halogens is 3. The van der Waals surface area contributed by atoms with E-state index in [0.717, 1.165) is 0 Å². The first-order valence-electron chi connectivity index (χ1n) is 4.25. The highest BCUT2D eigenvalue weighted by molar-refractivity contribution is 6.67. The number of ether oxygens (including phenoxy) is 3. The lowest BCUT2D eigenvalue weighted by Crippen LogP contribution is -2.21. The minimum Gasteiger partial charge on any atom is -0.376 e. The van der Waals surface area contributed by atoms with Crippen molar-refractivity contribution in [1.82, 2.24) is 0 Å². The fourth-order valence-electron chi connectivity index (χ4n) is 0.634. The lowest BCUT2D eigenvalue weighted by atomic mass is 10.6. The molecule has 0 amide bonds. The van der Waals surface area contributed by atoms with Crippen LogP contribution in [-0.4, -0.2) is 30.2 Å². The summed E-state index contributed by atoms with van der Waals surface area (Å²) in [4.78, 5) is 0. The molecule has 0 unspecified atom stereocenters. The first-order valence-corrected chi connectivity index (χ1v) is 5.39. The molecule has 0 fully saturated rings. The highest BCUT2D eigenvalue weighted by Crippen LogP contribution is 2.27. The van der Waals surface area contributed by atoms with E-state index in [1.165, 1.54) is 0 Å². The molecule has 0 saturated heterocycles. The molecule has 6 heteroatoms. The van der Waals surface area contributed by atoms with Gasteiger partial charge in [0.25, 0.3) is 6.29 Å². The summed E-state index contributed by atoms with van der Waals surface area (Å²) < 4.78 is 13.9. The second kappa shape index (κ2) is 7.97. The van der Waals surface area contributed by atoms with Gasteiger partial charge in [-0.05, 0) is 13.8 Å². The maximum atomic E-state index is 5.51. The first-order chi connectivity index (χ1) is 6.49. The Bertz CT molecular complexity index is 138. The molecule has 0 saturated carbocycles. The lowest BCUT2D eigenvalue weighted by Gasteiger charge is -2.18. The zero-order valence-electron chi connectivity index (χ0n) is 8.19. The average Bonchev–Trinajstić information content (AvgIpc) is 2.08. The third kappa shape index (κ3) is 9.31. The molecule has 1 radical (unpaired) electrons. The van der Waals surface area contributed by atoms with Gasteiger partial charge >= 0.3 is 0 Å². The van der Waals surface area contributed by atoms with Crippen LogP contribution in [0.15, 0.2) is 0 Å². The van der Waals surface area contributed by atoms with Crippen molar-refractivity contribution in [3.05, 3.63) is 6.29 Å². The zero-order chi connectivity index (χ0) is 11.0. The normalized spacial score (nSPS) is 12.4. The van der Waals surface area contributed by atoms with Crippen molar-refractivity contribution < 1.29 is 14.2 Å². The third-order valence-corrected chi connectivity index (χ3v) is 1.45. The van der Waals surface area contributed by atoms with Crippen LogP contribution in [0.4, 0.5) is 0 Å². The molecule has 0 rings (SSSR count). The SMILES string of the molecule is CCOC[C](OCC)OCC(Cl)(Cl)Cl. The Kier molecular flexibility index (Phi) is 8.39. The van der Waals surface area contributed by atoms with Gasteiger partial charge in [-0.2, -0.15) is 0 Å². The fraction of sp³-hybridized carbons (Fsp3) is 0.875. The summed E-state index contributed by atoms with van der Waals surface area (Å²) in [6.45, 7) is 4.98. The summed E-state index contributed by atoms with van der Waals surface area (Å²) in [6.07, 6.45) is 0.334. The van der Waals surface area contributed by atoms with Crippen molar-refractivity contribution >= 4 is 34.8 Å². The number of hydrogen-bond acceptors (Lipinski definition) is 3. The van der Waals surface area contributed by atoms with E-state index in [1.54, 1.807) is 0 Å². The van der Waals surface area contributed by atoms with Crippen LogP contribution < -0.4 is 0 Å². The summed E-state index contributed by atoms with van der Waals surface area (Å²) in [6, 6.07) is 0. The topological polar surface area (TPSA) is 27.7 Å². The van der Waals surface area contributed by atoms with Gasteiger partial charge in [-0.15, -0.1) is 0 Å². The van der Waals surface area contributed by atoms with Crippen LogP contribution in [0.1, 0.15) is 13.8 Å². The van der Waals surface area contributed by atoms with Crippen molar-refractivity contribution in [3.8, 4) is 0 Å². The van der Waals surface area contributed by atoms with Gasteiger partial charge in [0.2, 0.25) is 3.79 Å². The van der Waals surface area contributed by atoms with Gasteiger partial charge in [0.05, 0.1) is 6.61 Å². The molecular weight excluding hydrogens is 250 g/mol. The molecule has 0 N–H and O–H groups in total. The Hall–Kier alpha value is 0.750. The van der Waals surface area contributed by atoms with E-state index in [9.17, 15) is 0 Å². The molecule has 14 heavy (non-hydrogen) atoms. The Morgan fingerprint density at radius 2 is 1.71 bits per heavy atom. The minimum absolute atomic E-state index is 0.0555. The predicted molar refractivity (Wildman–Crippen MR) is 57.6 cm³/mol. The molecule has 0 heterocycles. The zero-order valence-corrected chi connectivity index (χ0v) is 10.5. The van der Waals surface area contributed by atoms with Crippen LogP contribution >= 0.6 is 34.8 Å². The Morgan fingerprint density at radius 3 is 2.14 bits per heavy atom. The van der Waals surface area contributed by atoms with E-state index >= 15 is 0 Å². The van der Waals surface area contributed by atoms with Crippen molar-refractivity contribution in [2.75, 3.05) is 26.4 Å². The highest BCUT2D eigenvalue weighted by Gasteiger charge is 2.23. The summed E-state index contributed by atoms with van der Waals surface area (Å²) in [5, 5.41) is 0. The molecule has 0 bridgehead atoms. The Morgan fingerprint density at radius 1 is 1.07 bits per heavy atom. The van der Waals surface area contributed by atoms with Gasteiger partial charge in [0.15, 0.2) is 0 Å². The summed E-state index contributed by atoms with van der Waals surface area (Å²) in [5.41, 5.74) is 0. The average molecular weight is 265 g/mol. The second-order valence-electron chi connectivity index (χ2n) is 2.35.